The summed E-state index contributed by atoms with van der Waals surface area (Å²) in [7, 11) is 0. The molecular weight excluding hydrogens is 395 g/mol. The summed E-state index contributed by atoms with van der Waals surface area (Å²) in [5, 5.41) is 18.1. The molecule has 0 aromatic carbocycles. The number of rotatable bonds is 9. The number of alkyl halides is 1. The smallest absolute Gasteiger partial charge is 1.00 e. The summed E-state index contributed by atoms with van der Waals surface area (Å²) in [6, 6.07) is 1.28. The van der Waals surface area contributed by atoms with Gasteiger partial charge in [-0.05, 0) is 31.2 Å². The number of aromatic nitrogens is 4. The molecule has 2 aromatic rings. The quantitative estimate of drug-likeness (QED) is 0.503. The van der Waals surface area contributed by atoms with Crippen LogP contribution < -0.4 is 29.7 Å². The third-order valence-electron chi connectivity index (χ3n) is 4.91. The van der Waals surface area contributed by atoms with E-state index in [-0.39, 0.29) is 57.1 Å². The van der Waals surface area contributed by atoms with Gasteiger partial charge in [0.05, 0.1) is 18.4 Å². The van der Waals surface area contributed by atoms with Gasteiger partial charge in [-0.15, -0.1) is 5.10 Å². The summed E-state index contributed by atoms with van der Waals surface area (Å²) in [6.07, 6.45) is 4.19. The van der Waals surface area contributed by atoms with Gasteiger partial charge in [0, 0.05) is 19.2 Å². The number of nitrogens with one attached hydrogen (secondary N) is 1. The number of carbonyl (C=O) groups excluding carboxylic acids is 1. The van der Waals surface area contributed by atoms with Crippen molar-refractivity contribution < 1.29 is 43.8 Å². The van der Waals surface area contributed by atoms with Gasteiger partial charge in [-0.25, -0.2) is 13.9 Å². The van der Waals surface area contributed by atoms with Gasteiger partial charge in [0.15, 0.2) is 5.69 Å². The molecule has 158 valence electrons. The van der Waals surface area contributed by atoms with Gasteiger partial charge in [-0.2, -0.15) is 4.39 Å². The molecule has 0 aliphatic heterocycles. The Hall–Kier alpha value is -2.51. The first-order chi connectivity index (χ1) is 13.8. The Balaban J connectivity index is 0.00000240. The van der Waals surface area contributed by atoms with Crippen molar-refractivity contribution in [3.63, 3.8) is 0 Å². The predicted molar refractivity (Wildman–Crippen MR) is 98.9 cm³/mol. The molecule has 1 fully saturated rings. The van der Waals surface area contributed by atoms with E-state index in [9.17, 15) is 23.2 Å². The third kappa shape index (κ3) is 6.00. The Morgan fingerprint density at radius 3 is 2.73 bits per heavy atom. The molecule has 2 heterocycles. The molecule has 0 radical (unpaired) electrons. The molecule has 0 spiro atoms. The van der Waals surface area contributed by atoms with E-state index in [0.29, 0.717) is 12.3 Å². The van der Waals surface area contributed by atoms with Crippen LogP contribution in [0.1, 0.15) is 44.0 Å². The second-order valence-electron chi connectivity index (χ2n) is 7.11. The van der Waals surface area contributed by atoms with Crippen molar-refractivity contribution in [3.8, 4) is 0 Å². The van der Waals surface area contributed by atoms with Crippen molar-refractivity contribution >= 4 is 17.6 Å². The standard InChI is InChI=1S/C18H21F2N5O4.Li.H/c19-12(9-25-10-14(18(28)29)22-23-25)4-6-24-7-5-13(16(20)17(24)27)21-15(26)8-11-2-1-3-11;;/h5,7,10-12H,1-4,6,8-9H2,(H,21,26)(H,28,29);;/q;+1;-1. The monoisotopic (exact) mass is 417 g/mol. The number of nitrogens with zero attached hydrogens (tertiary/aromatic N) is 4. The summed E-state index contributed by atoms with van der Waals surface area (Å²) in [6.45, 7) is -0.333. The molecule has 0 bridgehead atoms. The van der Waals surface area contributed by atoms with Crippen molar-refractivity contribution in [1.29, 1.82) is 0 Å². The Labute approximate surface area is 184 Å². The van der Waals surface area contributed by atoms with E-state index in [4.69, 9.17) is 5.11 Å². The Bertz CT molecular complexity index is 967. The van der Waals surface area contributed by atoms with Crippen LogP contribution in [-0.2, 0) is 17.9 Å². The number of pyridine rings is 1. The van der Waals surface area contributed by atoms with Crippen molar-refractivity contribution in [2.24, 2.45) is 5.92 Å². The van der Waals surface area contributed by atoms with Crippen LogP contribution in [0.15, 0.2) is 23.3 Å². The summed E-state index contributed by atoms with van der Waals surface area (Å²) < 4.78 is 30.5. The first-order valence-corrected chi connectivity index (χ1v) is 9.29. The zero-order chi connectivity index (χ0) is 21.0. The van der Waals surface area contributed by atoms with Gasteiger partial charge >= 0.3 is 24.8 Å². The second-order valence-corrected chi connectivity index (χ2v) is 7.11. The molecule has 30 heavy (non-hydrogen) atoms. The minimum absolute atomic E-state index is 0. The molecule has 1 saturated carbocycles. The van der Waals surface area contributed by atoms with Crippen LogP contribution in [0.2, 0.25) is 0 Å². The number of hydrogen-bond acceptors (Lipinski definition) is 5. The van der Waals surface area contributed by atoms with E-state index in [2.05, 4.69) is 15.6 Å². The van der Waals surface area contributed by atoms with Crippen LogP contribution in [0, 0.1) is 11.7 Å². The number of carboxylic acid groups (broad SMARTS) is 1. The van der Waals surface area contributed by atoms with Crippen molar-refractivity contribution in [3.05, 3.63) is 40.3 Å². The molecule has 0 saturated heterocycles. The number of aromatic carboxylic acids is 1. The maximum absolute atomic E-state index is 14.3. The van der Waals surface area contributed by atoms with Gasteiger partial charge in [0.25, 0.3) is 5.56 Å². The average molecular weight is 417 g/mol. The number of halogens is 2. The normalized spacial score (nSPS) is 14.5. The number of carboxylic acids is 1. The Morgan fingerprint density at radius 1 is 1.40 bits per heavy atom. The Morgan fingerprint density at radius 2 is 2.13 bits per heavy atom. The van der Waals surface area contributed by atoms with Gasteiger partial charge < -0.3 is 16.4 Å². The zero-order valence-electron chi connectivity index (χ0n) is 17.6. The van der Waals surface area contributed by atoms with Gasteiger partial charge in [0.2, 0.25) is 11.7 Å². The van der Waals surface area contributed by atoms with Crippen molar-refractivity contribution in [2.45, 2.75) is 51.4 Å². The third-order valence-corrected chi connectivity index (χ3v) is 4.91. The SMILES string of the molecule is O=C(CC1CCC1)Nc1ccn(CCC(F)Cn2cc(C(=O)O)nn2)c(=O)c1F.[H-].[Li+]. The largest absolute Gasteiger partial charge is 1.00 e. The molecule has 1 unspecified atom stereocenters. The molecule has 1 atom stereocenters. The fraction of sp³-hybridized carbons (Fsp3) is 0.500. The molecule has 3 rings (SSSR count). The number of carbonyl (C=O) groups is 2. The van der Waals surface area contributed by atoms with Crippen LogP contribution >= 0.6 is 0 Å². The molecule has 9 nitrogen and oxygen atoms in total. The van der Waals surface area contributed by atoms with E-state index in [0.717, 1.165) is 34.7 Å². The minimum atomic E-state index is -1.45. The van der Waals surface area contributed by atoms with Crippen molar-refractivity contribution in [2.75, 3.05) is 5.32 Å². The maximum atomic E-state index is 14.3. The van der Waals surface area contributed by atoms with Gasteiger partial charge in [-0.3, -0.25) is 9.59 Å². The number of anilines is 1. The average Bonchev–Trinajstić information content (AvgIpc) is 3.10. The number of amides is 1. The number of aryl methyl sites for hydroxylation is 1. The molecule has 2 N–H and O–H groups in total. The van der Waals surface area contributed by atoms with Crippen LogP contribution in [-0.4, -0.2) is 42.7 Å². The Kier molecular flexibility index (Phi) is 8.31. The topological polar surface area (TPSA) is 119 Å². The van der Waals surface area contributed by atoms with Crippen LogP contribution in [0.25, 0.3) is 0 Å². The van der Waals surface area contributed by atoms with Crippen molar-refractivity contribution in [1.82, 2.24) is 19.6 Å². The summed E-state index contributed by atoms with van der Waals surface area (Å²) in [5.41, 5.74) is -1.44. The minimum Gasteiger partial charge on any atom is -1.00 e. The van der Waals surface area contributed by atoms with E-state index in [1.165, 1.54) is 12.3 Å². The summed E-state index contributed by atoms with van der Waals surface area (Å²) in [4.78, 5) is 34.8. The molecule has 1 aliphatic carbocycles. The summed E-state index contributed by atoms with van der Waals surface area (Å²) in [5.74, 6) is -2.37. The fourth-order valence-corrected chi connectivity index (χ4v) is 3.04. The van der Waals surface area contributed by atoms with E-state index < -0.39 is 23.5 Å². The second kappa shape index (κ2) is 10.5. The molecule has 2 aromatic heterocycles. The first kappa shape index (κ1) is 23.8. The number of hydrogen-bond donors (Lipinski definition) is 2. The maximum Gasteiger partial charge on any atom is 1.00 e. The van der Waals surface area contributed by atoms with Crippen LogP contribution in [0.4, 0.5) is 14.5 Å². The molecular formula is C18H22F2LiN5O4. The molecule has 1 amide bonds. The predicted octanol–water partition coefficient (Wildman–Crippen LogP) is -1.05. The summed E-state index contributed by atoms with van der Waals surface area (Å²) >= 11 is 0. The first-order valence-electron chi connectivity index (χ1n) is 9.29. The van der Waals surface area contributed by atoms with E-state index in [1.807, 2.05) is 0 Å². The van der Waals surface area contributed by atoms with Gasteiger partial charge in [-0.1, -0.05) is 11.6 Å². The zero-order valence-corrected chi connectivity index (χ0v) is 16.6. The van der Waals surface area contributed by atoms with E-state index in [1.54, 1.807) is 0 Å². The van der Waals surface area contributed by atoms with Crippen LogP contribution in [0.3, 0.4) is 0 Å². The van der Waals surface area contributed by atoms with E-state index >= 15 is 0 Å². The molecule has 1 aliphatic rings. The molecule has 12 heteroatoms. The fourth-order valence-electron chi connectivity index (χ4n) is 3.04. The van der Waals surface area contributed by atoms with Crippen LogP contribution in [0.5, 0.6) is 0 Å². The van der Waals surface area contributed by atoms with Gasteiger partial charge in [0.1, 0.15) is 6.17 Å².